The van der Waals surface area contributed by atoms with E-state index in [2.05, 4.69) is 24.0 Å². The van der Waals surface area contributed by atoms with Crippen molar-refractivity contribution in [3.63, 3.8) is 0 Å². The molecule has 0 amide bonds. The molecule has 0 bridgehead atoms. The number of hydrogen-bond donors (Lipinski definition) is 1. The molecule has 14 heteroatoms. The molecule has 3 aliphatic heterocycles. The fraction of sp³-hybridized carbons (Fsp3) is 0.471. The number of pyridine rings is 1. The van der Waals surface area contributed by atoms with Gasteiger partial charge in [0.25, 0.3) is 0 Å². The van der Waals surface area contributed by atoms with E-state index in [9.17, 15) is 9.32 Å². The van der Waals surface area contributed by atoms with E-state index in [1.165, 1.54) is 0 Å². The number of nitrogens with zero attached hydrogens (tertiary/aromatic N) is 5. The first-order valence-corrected chi connectivity index (χ1v) is 22.3. The molecule has 3 fully saturated rings. The van der Waals surface area contributed by atoms with Gasteiger partial charge in [0.1, 0.15) is 40.5 Å². The average Bonchev–Trinajstić information content (AvgIpc) is 3.68. The maximum absolute atomic E-state index is 12.9. The Hall–Kier alpha value is -2.88. The Kier molecular flexibility index (Phi) is 9.41. The molecule has 5 heterocycles. The number of aliphatic hydroxyl groups is 1. The van der Waals surface area contributed by atoms with Crippen molar-refractivity contribution in [1.82, 2.24) is 18.8 Å². The lowest BCUT2D eigenvalue weighted by atomic mass is 10.0. The van der Waals surface area contributed by atoms with Crippen LogP contribution in [0.3, 0.4) is 0 Å². The van der Waals surface area contributed by atoms with Gasteiger partial charge in [-0.15, -0.1) is 0 Å². The zero-order valence-electron chi connectivity index (χ0n) is 27.7. The van der Waals surface area contributed by atoms with Gasteiger partial charge >= 0.3 is 6.01 Å². The van der Waals surface area contributed by atoms with E-state index >= 15 is 0 Å². The molecule has 2 aromatic heterocycles. The molecule has 7 rings (SSSR count). The number of benzene rings is 2. The molecule has 5 atom stereocenters. The molecule has 3 aliphatic rings. The smallest absolute Gasteiger partial charge is 0.301 e. The molecule has 0 radical (unpaired) electrons. The highest BCUT2D eigenvalue weighted by molar-refractivity contribution is 7.90. The van der Waals surface area contributed by atoms with Gasteiger partial charge in [0.05, 0.1) is 29.6 Å². The minimum atomic E-state index is -2.39. The summed E-state index contributed by atoms with van der Waals surface area (Å²) in [6.45, 7) is 9.93. The van der Waals surface area contributed by atoms with Crippen LogP contribution in [0.4, 0.5) is 5.69 Å². The predicted molar refractivity (Wildman–Crippen MR) is 190 cm³/mol. The molecule has 0 aliphatic carbocycles. The van der Waals surface area contributed by atoms with E-state index in [0.717, 1.165) is 42.2 Å². The van der Waals surface area contributed by atoms with E-state index in [0.29, 0.717) is 40.2 Å². The Bertz CT molecular complexity index is 1900. The first-order valence-electron chi connectivity index (χ1n) is 16.4. The van der Waals surface area contributed by atoms with Crippen LogP contribution >= 0.6 is 11.6 Å². The van der Waals surface area contributed by atoms with Crippen LogP contribution < -0.4 is 4.74 Å². The summed E-state index contributed by atoms with van der Waals surface area (Å²) in [5, 5.41) is 10.7. The molecule has 11 nitrogen and oxygen atoms in total. The molecule has 2 aromatic carbocycles. The van der Waals surface area contributed by atoms with Gasteiger partial charge in [-0.25, -0.2) is 13.5 Å². The number of hydrogen-bond acceptors (Lipinski definition) is 9. The fourth-order valence-corrected chi connectivity index (χ4v) is 8.62. The Morgan fingerprint density at radius 3 is 2.33 bits per heavy atom. The van der Waals surface area contributed by atoms with Crippen LogP contribution in [0.5, 0.6) is 6.01 Å². The highest BCUT2D eigenvalue weighted by atomic mass is 35.5. The summed E-state index contributed by atoms with van der Waals surface area (Å²) in [7, 11) is -3.68. The summed E-state index contributed by atoms with van der Waals surface area (Å²) in [6, 6.07) is 19.0. The highest BCUT2D eigenvalue weighted by Crippen LogP contribution is 2.35. The highest BCUT2D eigenvalue weighted by Gasteiger charge is 2.49. The number of halogens is 1. The van der Waals surface area contributed by atoms with E-state index < -0.39 is 36.3 Å². The zero-order valence-corrected chi connectivity index (χ0v) is 30.2. The van der Waals surface area contributed by atoms with Crippen LogP contribution in [0, 0.1) is 0 Å². The topological polar surface area (TPSA) is 121 Å². The third-order valence-electron chi connectivity index (χ3n) is 9.02. The van der Waals surface area contributed by atoms with Gasteiger partial charge in [-0.3, -0.25) is 4.57 Å². The first kappa shape index (κ1) is 33.6. The first-order chi connectivity index (χ1) is 22.9. The standard InChI is InChI=1S/C34H42ClN5O6SSi/c1-47(42,39-14-5-15-39)38-25-12-10-23(11-13-25)22-6-8-24(9-7-22)30-26(35)18-27-33(37-30)40(21-43-16-17-48(2,3)4)34(36-27)46-29-20-45-31-28(41)19-44-32(29)31/h6-13,18,28-29,31-32,41H,5,14-17,19-21H2,1-4H3/t28-,29-,31-,32-,47?/m1/s1. The minimum Gasteiger partial charge on any atom is -0.456 e. The summed E-state index contributed by atoms with van der Waals surface area (Å²) in [6.07, 6.45) is 0.869. The SMILES string of the molecule is C[Si](C)(C)CCOCn1c(O[C@@H]2CO[C@H]3[C@@H]2OC[C@H]3O)nc2cc(Cl)c(-c3ccc(-c4ccc(N=S(C)(=O)N5CCC5)cc4)cc3)nc21. The van der Waals surface area contributed by atoms with E-state index in [1.807, 2.05) is 57.4 Å². The van der Waals surface area contributed by atoms with Crippen molar-refractivity contribution in [2.75, 3.05) is 39.2 Å². The Labute approximate surface area is 287 Å². The Morgan fingerprint density at radius 2 is 1.67 bits per heavy atom. The summed E-state index contributed by atoms with van der Waals surface area (Å²) in [5.41, 5.74) is 5.40. The summed E-state index contributed by atoms with van der Waals surface area (Å²) in [5.74, 6) is 0. The average molecular weight is 712 g/mol. The van der Waals surface area contributed by atoms with E-state index in [1.54, 1.807) is 12.3 Å². The molecule has 1 N–H and O–H groups in total. The number of ether oxygens (including phenoxy) is 4. The third-order valence-corrected chi connectivity index (χ3v) is 12.9. The molecular formula is C34H42ClN5O6SSi. The van der Waals surface area contributed by atoms with Crippen LogP contribution in [0.2, 0.25) is 30.7 Å². The van der Waals surface area contributed by atoms with Gasteiger partial charge in [0.2, 0.25) is 0 Å². The maximum Gasteiger partial charge on any atom is 0.301 e. The van der Waals surface area contributed by atoms with Crippen molar-refractivity contribution in [1.29, 1.82) is 0 Å². The van der Waals surface area contributed by atoms with Crippen molar-refractivity contribution in [2.45, 2.75) is 63.3 Å². The quantitative estimate of drug-likeness (QED) is 0.149. The number of fused-ring (bicyclic) bond motifs is 2. The van der Waals surface area contributed by atoms with Gasteiger partial charge in [-0.1, -0.05) is 67.6 Å². The van der Waals surface area contributed by atoms with Crippen molar-refractivity contribution < 1.29 is 28.3 Å². The summed E-state index contributed by atoms with van der Waals surface area (Å²) >= 11 is 6.82. The van der Waals surface area contributed by atoms with E-state index in [-0.39, 0.29) is 26.0 Å². The van der Waals surface area contributed by atoms with Crippen LogP contribution in [0.1, 0.15) is 6.42 Å². The zero-order chi connectivity index (χ0) is 33.6. The maximum atomic E-state index is 12.9. The third kappa shape index (κ3) is 7.06. The van der Waals surface area contributed by atoms with Crippen LogP contribution in [0.15, 0.2) is 59.0 Å². The largest absolute Gasteiger partial charge is 0.456 e. The number of imidazole rings is 1. The molecular weight excluding hydrogens is 670 g/mol. The molecule has 1 unspecified atom stereocenters. The lowest BCUT2D eigenvalue weighted by Crippen LogP contribution is -2.40. The Morgan fingerprint density at radius 1 is 1.00 bits per heavy atom. The lowest BCUT2D eigenvalue weighted by molar-refractivity contribution is 0.00336. The van der Waals surface area contributed by atoms with Crippen molar-refractivity contribution in [3.05, 3.63) is 59.6 Å². The van der Waals surface area contributed by atoms with Crippen molar-refractivity contribution in [2.24, 2.45) is 4.36 Å². The van der Waals surface area contributed by atoms with Gasteiger partial charge < -0.3 is 24.1 Å². The van der Waals surface area contributed by atoms with E-state index in [4.69, 9.17) is 40.5 Å². The summed E-state index contributed by atoms with van der Waals surface area (Å²) < 4.78 is 45.3. The summed E-state index contributed by atoms with van der Waals surface area (Å²) in [4.78, 5) is 9.74. The minimum absolute atomic E-state index is 0.210. The second kappa shape index (κ2) is 13.4. The molecule has 256 valence electrons. The second-order valence-electron chi connectivity index (χ2n) is 13.9. The van der Waals surface area contributed by atoms with Gasteiger partial charge in [0, 0.05) is 39.6 Å². The Balaban J connectivity index is 1.14. The van der Waals surface area contributed by atoms with Gasteiger partial charge in [-0.05, 0) is 41.8 Å². The number of rotatable bonds is 11. The number of aliphatic hydroxyl groups excluding tert-OH is 1. The predicted octanol–water partition coefficient (Wildman–Crippen LogP) is 5.99. The van der Waals surface area contributed by atoms with Gasteiger partial charge in [0.15, 0.2) is 11.8 Å². The normalized spacial score (nSPS) is 24.0. The fourth-order valence-electron chi connectivity index (χ4n) is 6.04. The van der Waals surface area contributed by atoms with Crippen molar-refractivity contribution >= 4 is 46.4 Å². The van der Waals surface area contributed by atoms with Crippen LogP contribution in [-0.4, -0.2) is 99.8 Å². The second-order valence-corrected chi connectivity index (χ2v) is 22.2. The van der Waals surface area contributed by atoms with Crippen LogP contribution in [0.25, 0.3) is 33.5 Å². The molecule has 0 saturated carbocycles. The molecule has 3 saturated heterocycles. The molecule has 48 heavy (non-hydrogen) atoms. The lowest BCUT2D eigenvalue weighted by Gasteiger charge is -2.31. The van der Waals surface area contributed by atoms with Gasteiger partial charge in [-0.2, -0.15) is 9.35 Å². The van der Waals surface area contributed by atoms with Crippen LogP contribution in [-0.2, 0) is 30.9 Å². The molecule has 4 aromatic rings. The number of aromatic nitrogens is 3. The van der Waals surface area contributed by atoms with Crippen molar-refractivity contribution in [3.8, 4) is 28.4 Å². The monoisotopic (exact) mass is 711 g/mol. The molecule has 0 spiro atoms.